The summed E-state index contributed by atoms with van der Waals surface area (Å²) in [6, 6.07) is 7.82. The molecule has 1 heterocycles. The standard InChI is InChI=1S/C21H26N6/c1-11-13(3)17(22)9-7-15(11)19-20(25-26-21(24-19)27(5)6)16-8-10-18(23)14(4)12(16)2/h7-10H,22-23H2,1-6H3. The van der Waals surface area contributed by atoms with Crippen LogP contribution in [0.15, 0.2) is 24.3 Å². The first-order valence-electron chi connectivity index (χ1n) is 8.86. The van der Waals surface area contributed by atoms with Crippen molar-refractivity contribution in [3.8, 4) is 22.5 Å². The minimum Gasteiger partial charge on any atom is -0.399 e. The lowest BCUT2D eigenvalue weighted by Gasteiger charge is -2.18. The van der Waals surface area contributed by atoms with Gasteiger partial charge in [0, 0.05) is 36.6 Å². The minimum absolute atomic E-state index is 0.562. The van der Waals surface area contributed by atoms with E-state index in [4.69, 9.17) is 16.5 Å². The normalized spacial score (nSPS) is 10.9. The van der Waals surface area contributed by atoms with E-state index in [-0.39, 0.29) is 0 Å². The van der Waals surface area contributed by atoms with Crippen molar-refractivity contribution in [3.05, 3.63) is 46.5 Å². The number of anilines is 3. The Bertz CT molecular complexity index is 1020. The number of nitrogens with two attached hydrogens (primary N) is 2. The van der Waals surface area contributed by atoms with E-state index in [2.05, 4.69) is 17.1 Å². The highest BCUT2D eigenvalue weighted by Crippen LogP contribution is 2.36. The Morgan fingerprint density at radius 1 is 0.667 bits per heavy atom. The van der Waals surface area contributed by atoms with Crippen LogP contribution in [0.3, 0.4) is 0 Å². The first-order valence-corrected chi connectivity index (χ1v) is 8.86. The van der Waals surface area contributed by atoms with Crippen molar-refractivity contribution < 1.29 is 0 Å². The highest BCUT2D eigenvalue weighted by Gasteiger charge is 2.19. The number of hydrogen-bond acceptors (Lipinski definition) is 6. The van der Waals surface area contributed by atoms with Crippen molar-refractivity contribution in [2.75, 3.05) is 30.5 Å². The smallest absolute Gasteiger partial charge is 0.245 e. The molecule has 1 aromatic heterocycles. The second kappa shape index (κ2) is 6.87. The summed E-state index contributed by atoms with van der Waals surface area (Å²) < 4.78 is 0. The van der Waals surface area contributed by atoms with Gasteiger partial charge in [0.15, 0.2) is 0 Å². The summed E-state index contributed by atoms with van der Waals surface area (Å²) >= 11 is 0. The largest absolute Gasteiger partial charge is 0.399 e. The molecule has 6 heteroatoms. The van der Waals surface area contributed by atoms with Crippen molar-refractivity contribution in [2.24, 2.45) is 0 Å². The Morgan fingerprint density at radius 2 is 1.15 bits per heavy atom. The van der Waals surface area contributed by atoms with E-state index in [0.717, 1.165) is 56.1 Å². The zero-order valence-electron chi connectivity index (χ0n) is 16.8. The number of hydrogen-bond donors (Lipinski definition) is 2. The van der Waals surface area contributed by atoms with Crippen LogP contribution in [0.2, 0.25) is 0 Å². The number of aromatic nitrogens is 3. The summed E-state index contributed by atoms with van der Waals surface area (Å²) in [5.41, 5.74) is 21.5. The van der Waals surface area contributed by atoms with Gasteiger partial charge in [0.2, 0.25) is 5.95 Å². The molecule has 140 valence electrons. The van der Waals surface area contributed by atoms with Crippen LogP contribution >= 0.6 is 0 Å². The van der Waals surface area contributed by atoms with Crippen molar-refractivity contribution in [1.82, 2.24) is 15.2 Å². The predicted molar refractivity (Wildman–Crippen MR) is 113 cm³/mol. The van der Waals surface area contributed by atoms with Gasteiger partial charge in [-0.05, 0) is 62.1 Å². The second-order valence-electron chi connectivity index (χ2n) is 7.11. The maximum absolute atomic E-state index is 6.09. The lowest BCUT2D eigenvalue weighted by atomic mass is 9.93. The summed E-state index contributed by atoms with van der Waals surface area (Å²) in [5.74, 6) is 0.562. The Labute approximate surface area is 160 Å². The molecule has 0 bridgehead atoms. The van der Waals surface area contributed by atoms with Crippen molar-refractivity contribution in [3.63, 3.8) is 0 Å². The summed E-state index contributed by atoms with van der Waals surface area (Å²) in [7, 11) is 3.81. The predicted octanol–water partition coefficient (Wildman–Crippen LogP) is 3.67. The fourth-order valence-corrected chi connectivity index (χ4v) is 3.07. The molecule has 27 heavy (non-hydrogen) atoms. The van der Waals surface area contributed by atoms with E-state index in [1.54, 1.807) is 0 Å². The van der Waals surface area contributed by atoms with Gasteiger partial charge in [-0.15, -0.1) is 10.2 Å². The van der Waals surface area contributed by atoms with Crippen LogP contribution in [0.25, 0.3) is 22.5 Å². The second-order valence-corrected chi connectivity index (χ2v) is 7.11. The van der Waals surface area contributed by atoms with Gasteiger partial charge in [-0.1, -0.05) is 12.1 Å². The highest BCUT2D eigenvalue weighted by molar-refractivity contribution is 5.84. The van der Waals surface area contributed by atoms with Crippen molar-refractivity contribution >= 4 is 17.3 Å². The molecule has 6 nitrogen and oxygen atoms in total. The number of nitrogens with zero attached hydrogens (tertiary/aromatic N) is 4. The Balaban J connectivity index is 2.35. The van der Waals surface area contributed by atoms with Gasteiger partial charge in [0.1, 0.15) is 11.4 Å². The fraction of sp³-hybridized carbons (Fsp3) is 0.286. The molecule has 0 radical (unpaired) electrons. The topological polar surface area (TPSA) is 94.0 Å². The Morgan fingerprint density at radius 3 is 1.63 bits per heavy atom. The van der Waals surface area contributed by atoms with Gasteiger partial charge in [-0.25, -0.2) is 4.98 Å². The summed E-state index contributed by atoms with van der Waals surface area (Å²) in [6.07, 6.45) is 0. The number of benzene rings is 2. The van der Waals surface area contributed by atoms with Gasteiger partial charge in [-0.2, -0.15) is 0 Å². The molecule has 4 N–H and O–H groups in total. The molecule has 2 aromatic carbocycles. The highest BCUT2D eigenvalue weighted by atomic mass is 15.3. The van der Waals surface area contributed by atoms with Crippen LogP contribution in [-0.4, -0.2) is 29.3 Å². The van der Waals surface area contributed by atoms with E-state index >= 15 is 0 Å². The third-order valence-corrected chi connectivity index (χ3v) is 5.24. The van der Waals surface area contributed by atoms with E-state index in [0.29, 0.717) is 5.95 Å². The van der Waals surface area contributed by atoms with Gasteiger partial charge in [-0.3, -0.25) is 0 Å². The molecule has 3 aromatic rings. The maximum atomic E-state index is 6.09. The van der Waals surface area contributed by atoms with Gasteiger partial charge in [0.05, 0.1) is 0 Å². The van der Waals surface area contributed by atoms with Crippen LogP contribution in [0.5, 0.6) is 0 Å². The molecule has 0 unspecified atom stereocenters. The molecule has 0 fully saturated rings. The zero-order valence-corrected chi connectivity index (χ0v) is 16.8. The van der Waals surface area contributed by atoms with E-state index in [9.17, 15) is 0 Å². The summed E-state index contributed by atoms with van der Waals surface area (Å²) in [5, 5.41) is 8.86. The molecule has 0 spiro atoms. The molecule has 3 rings (SSSR count). The molecular formula is C21H26N6. The van der Waals surface area contributed by atoms with Gasteiger partial charge < -0.3 is 16.4 Å². The van der Waals surface area contributed by atoms with Crippen molar-refractivity contribution in [1.29, 1.82) is 0 Å². The molecular weight excluding hydrogens is 336 g/mol. The van der Waals surface area contributed by atoms with Gasteiger partial charge in [0.25, 0.3) is 0 Å². The first kappa shape index (κ1) is 18.6. The average Bonchev–Trinajstić information content (AvgIpc) is 2.64. The van der Waals surface area contributed by atoms with Crippen LogP contribution in [-0.2, 0) is 0 Å². The van der Waals surface area contributed by atoms with Crippen LogP contribution < -0.4 is 16.4 Å². The fourth-order valence-electron chi connectivity index (χ4n) is 3.07. The van der Waals surface area contributed by atoms with Crippen LogP contribution in [0.1, 0.15) is 22.3 Å². The van der Waals surface area contributed by atoms with E-state index in [1.165, 1.54) is 0 Å². The first-order chi connectivity index (χ1) is 12.7. The molecule has 0 aliphatic heterocycles. The third-order valence-electron chi connectivity index (χ3n) is 5.24. The third kappa shape index (κ3) is 3.18. The molecule has 0 atom stereocenters. The quantitative estimate of drug-likeness (QED) is 0.691. The molecule has 0 aliphatic carbocycles. The zero-order chi connectivity index (χ0) is 19.9. The molecule has 0 saturated carbocycles. The summed E-state index contributed by atoms with van der Waals surface area (Å²) in [4.78, 5) is 6.67. The van der Waals surface area contributed by atoms with Crippen LogP contribution in [0, 0.1) is 27.7 Å². The van der Waals surface area contributed by atoms with Crippen molar-refractivity contribution in [2.45, 2.75) is 27.7 Å². The Kier molecular flexibility index (Phi) is 4.74. The number of rotatable bonds is 3. The Hall–Kier alpha value is -3.15. The van der Waals surface area contributed by atoms with Gasteiger partial charge >= 0.3 is 0 Å². The van der Waals surface area contributed by atoms with E-state index in [1.807, 2.05) is 64.0 Å². The average molecular weight is 362 g/mol. The lowest BCUT2D eigenvalue weighted by Crippen LogP contribution is -2.15. The summed E-state index contributed by atoms with van der Waals surface area (Å²) in [6.45, 7) is 8.15. The number of nitrogen functional groups attached to an aromatic ring is 2. The monoisotopic (exact) mass is 362 g/mol. The van der Waals surface area contributed by atoms with Crippen LogP contribution in [0.4, 0.5) is 17.3 Å². The maximum Gasteiger partial charge on any atom is 0.245 e. The lowest BCUT2D eigenvalue weighted by molar-refractivity contribution is 0.914. The SMILES string of the molecule is Cc1c(N)ccc(-c2nnc(N(C)C)nc2-c2ccc(N)c(C)c2C)c1C. The van der Waals surface area contributed by atoms with E-state index < -0.39 is 0 Å². The molecule has 0 saturated heterocycles. The minimum atomic E-state index is 0.562. The molecule has 0 aliphatic rings. The molecule has 0 amide bonds.